The molecule has 5 heterocycles. The van der Waals surface area contributed by atoms with Crippen LogP contribution < -0.4 is 16.2 Å². The Balaban J connectivity index is 1.25. The van der Waals surface area contributed by atoms with Crippen LogP contribution in [0, 0.1) is 0 Å². The molecule has 9 heteroatoms. The van der Waals surface area contributed by atoms with Crippen LogP contribution in [-0.2, 0) is 11.3 Å². The van der Waals surface area contributed by atoms with Crippen molar-refractivity contribution in [3.63, 3.8) is 0 Å². The van der Waals surface area contributed by atoms with Gasteiger partial charge in [-0.05, 0) is 67.1 Å². The van der Waals surface area contributed by atoms with Crippen molar-refractivity contribution in [2.24, 2.45) is 0 Å². The number of fused-ring (bicyclic) bond motifs is 1. The third-order valence-electron chi connectivity index (χ3n) is 7.42. The molecule has 0 saturated carbocycles. The first-order chi connectivity index (χ1) is 18.2. The number of pyridine rings is 2. The van der Waals surface area contributed by atoms with Crippen molar-refractivity contribution < 1.29 is 4.74 Å². The summed E-state index contributed by atoms with van der Waals surface area (Å²) in [6, 6.07) is 12.4. The lowest BCUT2D eigenvalue weighted by Crippen LogP contribution is -2.38. The molecule has 3 N–H and O–H groups in total. The van der Waals surface area contributed by atoms with Gasteiger partial charge in [0.05, 0.1) is 37.0 Å². The molecule has 3 aromatic heterocycles. The van der Waals surface area contributed by atoms with Crippen molar-refractivity contribution in [3.05, 3.63) is 70.9 Å². The lowest BCUT2D eigenvalue weighted by atomic mass is 9.90. The van der Waals surface area contributed by atoms with E-state index >= 15 is 0 Å². The van der Waals surface area contributed by atoms with E-state index < -0.39 is 0 Å². The predicted molar refractivity (Wildman–Crippen MR) is 145 cm³/mol. The number of morpholine rings is 1. The van der Waals surface area contributed by atoms with Crippen LogP contribution in [0.1, 0.15) is 24.3 Å². The van der Waals surface area contributed by atoms with Gasteiger partial charge in [-0.1, -0.05) is 12.1 Å². The Morgan fingerprint density at radius 1 is 1.05 bits per heavy atom. The number of aromatic nitrogens is 4. The van der Waals surface area contributed by atoms with Crippen molar-refractivity contribution in [2.45, 2.75) is 25.3 Å². The minimum absolute atomic E-state index is 0.161. The first-order valence-electron chi connectivity index (χ1n) is 13.2. The van der Waals surface area contributed by atoms with E-state index in [1.54, 1.807) is 6.20 Å². The van der Waals surface area contributed by atoms with Crippen LogP contribution in [0.5, 0.6) is 0 Å². The molecule has 4 aromatic rings. The van der Waals surface area contributed by atoms with E-state index in [-0.39, 0.29) is 5.56 Å². The largest absolute Gasteiger partial charge is 0.379 e. The number of nitrogens with one attached hydrogen (secondary N) is 3. The zero-order chi connectivity index (χ0) is 25.0. The Labute approximate surface area is 215 Å². The minimum Gasteiger partial charge on any atom is -0.379 e. The van der Waals surface area contributed by atoms with Crippen LogP contribution in [0.25, 0.3) is 22.0 Å². The van der Waals surface area contributed by atoms with Crippen molar-refractivity contribution in [1.29, 1.82) is 0 Å². The fourth-order valence-electron chi connectivity index (χ4n) is 5.27. The zero-order valence-corrected chi connectivity index (χ0v) is 20.9. The van der Waals surface area contributed by atoms with Crippen molar-refractivity contribution in [3.8, 4) is 11.3 Å². The summed E-state index contributed by atoms with van der Waals surface area (Å²) in [7, 11) is 0. The first kappa shape index (κ1) is 23.8. The molecule has 2 saturated heterocycles. The van der Waals surface area contributed by atoms with Crippen LogP contribution in [0.2, 0.25) is 0 Å². The first-order valence-corrected chi connectivity index (χ1v) is 13.2. The molecule has 0 atom stereocenters. The molecular weight excluding hydrogens is 466 g/mol. The molecular formula is C28H33N7O2. The summed E-state index contributed by atoms with van der Waals surface area (Å²) in [5.41, 5.74) is 3.82. The maximum absolute atomic E-state index is 12.8. The van der Waals surface area contributed by atoms with E-state index in [0.29, 0.717) is 17.1 Å². The van der Waals surface area contributed by atoms with Gasteiger partial charge in [0.15, 0.2) is 0 Å². The van der Waals surface area contributed by atoms with Crippen molar-refractivity contribution in [2.75, 3.05) is 51.3 Å². The molecule has 0 aliphatic carbocycles. The number of anilines is 2. The number of ether oxygens (including phenoxy) is 1. The van der Waals surface area contributed by atoms with Gasteiger partial charge in [0.1, 0.15) is 5.82 Å². The van der Waals surface area contributed by atoms with Crippen molar-refractivity contribution >= 4 is 22.3 Å². The number of hydrogen-bond acceptors (Lipinski definition) is 7. The van der Waals surface area contributed by atoms with E-state index in [2.05, 4.69) is 49.9 Å². The molecule has 0 unspecified atom stereocenters. The monoisotopic (exact) mass is 499 g/mol. The molecule has 9 nitrogen and oxygen atoms in total. The van der Waals surface area contributed by atoms with Crippen LogP contribution in [0.3, 0.4) is 0 Å². The van der Waals surface area contributed by atoms with Gasteiger partial charge in [0, 0.05) is 43.3 Å². The van der Waals surface area contributed by atoms with Crippen LogP contribution in [0.4, 0.5) is 11.5 Å². The van der Waals surface area contributed by atoms with Gasteiger partial charge in [-0.25, -0.2) is 4.98 Å². The number of nitrogens with zero attached hydrogens (tertiary/aromatic N) is 4. The molecule has 2 aliphatic rings. The van der Waals surface area contributed by atoms with Gasteiger partial charge < -0.3 is 20.4 Å². The van der Waals surface area contributed by atoms with Gasteiger partial charge in [0.2, 0.25) is 0 Å². The number of aromatic amines is 1. The highest BCUT2D eigenvalue weighted by Gasteiger charge is 2.16. The second-order valence-corrected chi connectivity index (χ2v) is 9.84. The average Bonchev–Trinajstić information content (AvgIpc) is 3.43. The second kappa shape index (κ2) is 10.8. The molecule has 192 valence electrons. The summed E-state index contributed by atoms with van der Waals surface area (Å²) in [6.07, 6.45) is 7.88. The third-order valence-corrected chi connectivity index (χ3v) is 7.42. The predicted octanol–water partition coefficient (Wildman–Crippen LogP) is 3.33. The number of benzene rings is 1. The molecule has 37 heavy (non-hydrogen) atoms. The Bertz CT molecular complexity index is 1400. The quantitative estimate of drug-likeness (QED) is 0.359. The Morgan fingerprint density at radius 3 is 2.68 bits per heavy atom. The van der Waals surface area contributed by atoms with Crippen LogP contribution >= 0.6 is 0 Å². The third kappa shape index (κ3) is 5.44. The molecule has 0 radical (unpaired) electrons. The highest BCUT2D eigenvalue weighted by molar-refractivity contribution is 5.95. The summed E-state index contributed by atoms with van der Waals surface area (Å²) < 4.78 is 7.40. The molecule has 0 bridgehead atoms. The van der Waals surface area contributed by atoms with Gasteiger partial charge in [-0.15, -0.1) is 0 Å². The Morgan fingerprint density at radius 2 is 1.86 bits per heavy atom. The smallest absolute Gasteiger partial charge is 0.259 e. The standard InChI is InChI=1S/C28H33N7O2/c36-28-26-22(7-10-30-28)17-25(23-18-31-35(19-23)12-11-34-13-15-37-16-14-34)33-27(26)32-24-3-1-20(2-4-24)21-5-8-29-9-6-21/h1-4,7,10,17-19,21,29H,5-6,8-9,11-16H2,(H,30,36)(H,32,33). The van der Waals surface area contributed by atoms with E-state index in [9.17, 15) is 4.79 Å². The summed E-state index contributed by atoms with van der Waals surface area (Å²) >= 11 is 0. The number of rotatable bonds is 7. The maximum atomic E-state index is 12.8. The second-order valence-electron chi connectivity index (χ2n) is 9.84. The fourth-order valence-corrected chi connectivity index (χ4v) is 5.27. The van der Waals surface area contributed by atoms with Gasteiger partial charge >= 0.3 is 0 Å². The summed E-state index contributed by atoms with van der Waals surface area (Å²) in [4.78, 5) is 22.8. The SMILES string of the molecule is O=c1[nH]ccc2cc(-c3cnn(CCN4CCOCC4)c3)nc(Nc3ccc(C4CCNCC4)cc3)c12. The van der Waals surface area contributed by atoms with Crippen LogP contribution in [-0.4, -0.2) is 70.6 Å². The number of piperidine rings is 1. The highest BCUT2D eigenvalue weighted by atomic mass is 16.5. The van der Waals surface area contributed by atoms with Crippen molar-refractivity contribution in [1.82, 2.24) is 30.0 Å². The zero-order valence-electron chi connectivity index (χ0n) is 20.9. The average molecular weight is 500 g/mol. The summed E-state index contributed by atoms with van der Waals surface area (Å²) in [6.45, 7) is 7.39. The summed E-state index contributed by atoms with van der Waals surface area (Å²) in [5, 5.41) is 12.8. The Hall–Kier alpha value is -3.53. The molecule has 2 fully saturated rings. The van der Waals surface area contributed by atoms with Gasteiger partial charge in [0.25, 0.3) is 5.56 Å². The Kier molecular flexibility index (Phi) is 6.98. The number of hydrogen-bond donors (Lipinski definition) is 3. The van der Waals surface area contributed by atoms with E-state index in [1.165, 1.54) is 5.56 Å². The highest BCUT2D eigenvalue weighted by Crippen LogP contribution is 2.30. The lowest BCUT2D eigenvalue weighted by molar-refractivity contribution is 0.0360. The minimum atomic E-state index is -0.161. The van der Waals surface area contributed by atoms with Gasteiger partial charge in [-0.3, -0.25) is 14.4 Å². The topological polar surface area (TPSA) is 100 Å². The molecule has 2 aliphatic heterocycles. The molecule has 6 rings (SSSR count). The van der Waals surface area contributed by atoms with E-state index in [0.717, 1.165) is 87.7 Å². The van der Waals surface area contributed by atoms with Crippen LogP contribution in [0.15, 0.2) is 59.8 Å². The molecule has 1 aromatic carbocycles. The van der Waals surface area contributed by atoms with Gasteiger partial charge in [-0.2, -0.15) is 5.10 Å². The maximum Gasteiger partial charge on any atom is 0.259 e. The van der Waals surface area contributed by atoms with E-state index in [4.69, 9.17) is 9.72 Å². The van der Waals surface area contributed by atoms with E-state index in [1.807, 2.05) is 29.2 Å². The fraction of sp³-hybridized carbons (Fsp3) is 0.393. The summed E-state index contributed by atoms with van der Waals surface area (Å²) in [5.74, 6) is 1.14. The normalized spacial score (nSPS) is 17.3. The lowest BCUT2D eigenvalue weighted by Gasteiger charge is -2.26. The molecule has 0 spiro atoms. The molecule has 0 amide bonds. The number of H-pyrrole nitrogens is 1.